The number of anilines is 1. The number of hydrogen-bond donors (Lipinski definition) is 2. The van der Waals surface area contributed by atoms with Crippen molar-refractivity contribution in [3.05, 3.63) is 99.1 Å². The van der Waals surface area contributed by atoms with Crippen LogP contribution >= 0.6 is 11.6 Å². The molecule has 0 aliphatic carbocycles. The van der Waals surface area contributed by atoms with Gasteiger partial charge in [0.1, 0.15) is 0 Å². The standard InChI is InChI=1S/C27H28ClN3O2/c1-3-19-7-8-22(15-25(19)28)26(32)29-16-18-5-4-6-21(13-18)27(33)30-24-10-9-20-11-12-31(2)17-23(20)14-24/h4-10,13-15H,3,11-12,16-17H2,1-2H3,(H,29,32)(H,30,33). The molecule has 0 atom stereocenters. The fourth-order valence-electron chi connectivity index (χ4n) is 4.06. The second kappa shape index (κ2) is 10.2. The van der Waals surface area contributed by atoms with Crippen LogP contribution in [0, 0.1) is 0 Å². The highest BCUT2D eigenvalue weighted by Crippen LogP contribution is 2.22. The number of fused-ring (bicyclic) bond motifs is 1. The second-order valence-electron chi connectivity index (χ2n) is 8.47. The van der Waals surface area contributed by atoms with Crippen molar-refractivity contribution in [3.8, 4) is 0 Å². The van der Waals surface area contributed by atoms with Crippen LogP contribution in [-0.2, 0) is 25.9 Å². The predicted octanol–water partition coefficient (Wildman–Crippen LogP) is 5.07. The van der Waals surface area contributed by atoms with Gasteiger partial charge in [-0.2, -0.15) is 0 Å². The lowest BCUT2D eigenvalue weighted by atomic mass is 9.99. The first-order valence-electron chi connectivity index (χ1n) is 11.2. The number of nitrogens with one attached hydrogen (secondary N) is 2. The van der Waals surface area contributed by atoms with E-state index in [1.165, 1.54) is 11.1 Å². The molecule has 2 N–H and O–H groups in total. The van der Waals surface area contributed by atoms with E-state index in [1.807, 2.05) is 31.2 Å². The Morgan fingerprint density at radius 1 is 0.970 bits per heavy atom. The Morgan fingerprint density at radius 3 is 2.58 bits per heavy atom. The van der Waals surface area contributed by atoms with Crippen LogP contribution < -0.4 is 10.6 Å². The molecule has 0 saturated carbocycles. The number of likely N-dealkylation sites (N-methyl/N-ethyl adjacent to an activating group) is 1. The number of hydrogen-bond acceptors (Lipinski definition) is 3. The second-order valence-corrected chi connectivity index (χ2v) is 8.88. The van der Waals surface area contributed by atoms with Crippen molar-refractivity contribution in [3.63, 3.8) is 0 Å². The van der Waals surface area contributed by atoms with Crippen LogP contribution in [0.3, 0.4) is 0 Å². The Labute approximate surface area is 199 Å². The topological polar surface area (TPSA) is 61.4 Å². The molecular weight excluding hydrogens is 434 g/mol. The summed E-state index contributed by atoms with van der Waals surface area (Å²) in [6.07, 6.45) is 1.85. The van der Waals surface area contributed by atoms with Gasteiger partial charge in [0.2, 0.25) is 0 Å². The first-order chi connectivity index (χ1) is 15.9. The van der Waals surface area contributed by atoms with E-state index < -0.39 is 0 Å². The quantitative estimate of drug-likeness (QED) is 0.538. The fraction of sp³-hybridized carbons (Fsp3) is 0.259. The summed E-state index contributed by atoms with van der Waals surface area (Å²) < 4.78 is 0. The van der Waals surface area contributed by atoms with Gasteiger partial charge in [-0.1, -0.05) is 42.8 Å². The highest BCUT2D eigenvalue weighted by Gasteiger charge is 2.15. The van der Waals surface area contributed by atoms with E-state index in [9.17, 15) is 9.59 Å². The number of rotatable bonds is 6. The Morgan fingerprint density at radius 2 is 1.79 bits per heavy atom. The van der Waals surface area contributed by atoms with Crippen molar-refractivity contribution in [2.75, 3.05) is 18.9 Å². The van der Waals surface area contributed by atoms with Gasteiger partial charge in [-0.05, 0) is 78.5 Å². The molecule has 2 amide bonds. The molecule has 6 heteroatoms. The van der Waals surface area contributed by atoms with Gasteiger partial charge in [-0.3, -0.25) is 9.59 Å². The van der Waals surface area contributed by atoms with Gasteiger partial charge in [0.15, 0.2) is 0 Å². The lowest BCUT2D eigenvalue weighted by Gasteiger charge is -2.25. The molecule has 4 rings (SSSR count). The molecule has 0 unspecified atom stereocenters. The SMILES string of the molecule is CCc1ccc(C(=O)NCc2cccc(C(=O)Nc3ccc4c(c3)CN(C)CC4)c2)cc1Cl. The zero-order valence-corrected chi connectivity index (χ0v) is 19.7. The molecule has 3 aromatic carbocycles. The number of aryl methyl sites for hydroxylation is 1. The molecule has 0 aromatic heterocycles. The molecule has 1 aliphatic rings. The molecule has 33 heavy (non-hydrogen) atoms. The fourth-order valence-corrected chi connectivity index (χ4v) is 4.38. The third-order valence-corrected chi connectivity index (χ3v) is 6.36. The third-order valence-electron chi connectivity index (χ3n) is 6.01. The van der Waals surface area contributed by atoms with Crippen molar-refractivity contribution in [2.45, 2.75) is 32.9 Å². The minimum Gasteiger partial charge on any atom is -0.348 e. The van der Waals surface area contributed by atoms with Gasteiger partial charge in [-0.25, -0.2) is 0 Å². The largest absolute Gasteiger partial charge is 0.348 e. The zero-order valence-electron chi connectivity index (χ0n) is 19.0. The summed E-state index contributed by atoms with van der Waals surface area (Å²) in [5.41, 5.74) is 6.31. The van der Waals surface area contributed by atoms with Crippen molar-refractivity contribution >= 4 is 29.1 Å². The first kappa shape index (κ1) is 23.0. The first-order valence-corrected chi connectivity index (χ1v) is 11.6. The van der Waals surface area contributed by atoms with Crippen LogP contribution in [-0.4, -0.2) is 30.3 Å². The Balaban J connectivity index is 1.39. The van der Waals surface area contributed by atoms with Crippen LogP contribution in [0.1, 0.15) is 49.9 Å². The van der Waals surface area contributed by atoms with E-state index in [1.54, 1.807) is 24.3 Å². The molecule has 1 heterocycles. The summed E-state index contributed by atoms with van der Waals surface area (Å²) in [6, 6.07) is 18.7. The maximum absolute atomic E-state index is 12.8. The molecular formula is C27H28ClN3O2. The number of carbonyl (C=O) groups excluding carboxylic acids is 2. The van der Waals surface area contributed by atoms with E-state index in [0.717, 1.165) is 42.7 Å². The maximum atomic E-state index is 12.8. The lowest BCUT2D eigenvalue weighted by Crippen LogP contribution is -2.26. The average molecular weight is 462 g/mol. The normalized spacial score (nSPS) is 13.3. The van der Waals surface area contributed by atoms with E-state index in [-0.39, 0.29) is 11.8 Å². The maximum Gasteiger partial charge on any atom is 0.255 e. The summed E-state index contributed by atoms with van der Waals surface area (Å²) in [6.45, 7) is 4.28. The molecule has 3 aromatic rings. The average Bonchev–Trinajstić information content (AvgIpc) is 2.82. The predicted molar refractivity (Wildman–Crippen MR) is 133 cm³/mol. The monoisotopic (exact) mass is 461 g/mol. The highest BCUT2D eigenvalue weighted by molar-refractivity contribution is 6.31. The Hall–Kier alpha value is -3.15. The molecule has 0 fully saturated rings. The zero-order chi connectivity index (χ0) is 23.4. The van der Waals surface area contributed by atoms with Crippen LogP contribution in [0.2, 0.25) is 5.02 Å². The Bertz CT molecular complexity index is 1190. The van der Waals surface area contributed by atoms with Crippen molar-refractivity contribution in [1.82, 2.24) is 10.2 Å². The third kappa shape index (κ3) is 5.62. The van der Waals surface area contributed by atoms with Gasteiger partial charge in [0.05, 0.1) is 0 Å². The molecule has 0 spiro atoms. The van der Waals surface area contributed by atoms with Gasteiger partial charge >= 0.3 is 0 Å². The number of benzene rings is 3. The van der Waals surface area contributed by atoms with E-state index in [2.05, 4.69) is 34.7 Å². The molecule has 0 radical (unpaired) electrons. The van der Waals surface area contributed by atoms with E-state index >= 15 is 0 Å². The summed E-state index contributed by atoms with van der Waals surface area (Å²) in [5, 5.41) is 6.49. The molecule has 5 nitrogen and oxygen atoms in total. The molecule has 1 aliphatic heterocycles. The molecule has 170 valence electrons. The molecule has 0 saturated heterocycles. The van der Waals surface area contributed by atoms with Crippen LogP contribution in [0.15, 0.2) is 60.7 Å². The van der Waals surface area contributed by atoms with E-state index in [4.69, 9.17) is 11.6 Å². The number of halogens is 1. The van der Waals surface area contributed by atoms with Crippen LogP contribution in [0.25, 0.3) is 0 Å². The van der Waals surface area contributed by atoms with Gasteiger partial charge < -0.3 is 15.5 Å². The van der Waals surface area contributed by atoms with Gasteiger partial charge in [-0.15, -0.1) is 0 Å². The minimum absolute atomic E-state index is 0.172. The van der Waals surface area contributed by atoms with Crippen molar-refractivity contribution in [1.29, 1.82) is 0 Å². The summed E-state index contributed by atoms with van der Waals surface area (Å²) in [4.78, 5) is 27.6. The number of carbonyl (C=O) groups is 2. The lowest BCUT2D eigenvalue weighted by molar-refractivity contribution is 0.0950. The number of nitrogens with zero attached hydrogens (tertiary/aromatic N) is 1. The summed E-state index contributed by atoms with van der Waals surface area (Å²) >= 11 is 6.23. The van der Waals surface area contributed by atoms with Crippen LogP contribution in [0.4, 0.5) is 5.69 Å². The smallest absolute Gasteiger partial charge is 0.255 e. The minimum atomic E-state index is -0.201. The van der Waals surface area contributed by atoms with Gasteiger partial charge in [0, 0.05) is 41.5 Å². The Kier molecular flexibility index (Phi) is 7.11. The molecule has 0 bridgehead atoms. The van der Waals surface area contributed by atoms with Crippen molar-refractivity contribution < 1.29 is 9.59 Å². The highest BCUT2D eigenvalue weighted by atomic mass is 35.5. The number of amides is 2. The summed E-state index contributed by atoms with van der Waals surface area (Å²) in [5.74, 6) is -0.373. The van der Waals surface area contributed by atoms with E-state index in [0.29, 0.717) is 22.7 Å². The van der Waals surface area contributed by atoms with Crippen LogP contribution in [0.5, 0.6) is 0 Å². The van der Waals surface area contributed by atoms with Crippen molar-refractivity contribution in [2.24, 2.45) is 0 Å². The summed E-state index contributed by atoms with van der Waals surface area (Å²) in [7, 11) is 2.10. The van der Waals surface area contributed by atoms with Gasteiger partial charge in [0.25, 0.3) is 11.8 Å².